The number of carbonyl (C=O) groups excluding carboxylic acids is 1. The van der Waals surface area contributed by atoms with E-state index in [1.807, 2.05) is 19.2 Å². The SMILES string of the molecule is CN(CC(=O)NCc1ccco1)C1CCC(N)CC1. The number of carbonyl (C=O) groups is 1. The van der Waals surface area contributed by atoms with Crippen molar-refractivity contribution in [3.8, 4) is 0 Å². The van der Waals surface area contributed by atoms with Crippen LogP contribution in [-0.2, 0) is 11.3 Å². The van der Waals surface area contributed by atoms with Gasteiger partial charge in [0.15, 0.2) is 0 Å². The fourth-order valence-electron chi connectivity index (χ4n) is 2.55. The molecule has 0 unspecified atom stereocenters. The second kappa shape index (κ2) is 6.73. The lowest BCUT2D eigenvalue weighted by atomic mass is 9.91. The number of furan rings is 1. The highest BCUT2D eigenvalue weighted by molar-refractivity contribution is 5.77. The number of amides is 1. The summed E-state index contributed by atoms with van der Waals surface area (Å²) in [7, 11) is 2.01. The molecule has 19 heavy (non-hydrogen) atoms. The zero-order valence-electron chi connectivity index (χ0n) is 11.5. The molecule has 1 aliphatic carbocycles. The molecular formula is C14H23N3O2. The van der Waals surface area contributed by atoms with E-state index in [0.29, 0.717) is 25.2 Å². The number of nitrogens with zero attached hydrogens (tertiary/aromatic N) is 1. The monoisotopic (exact) mass is 265 g/mol. The third kappa shape index (κ3) is 4.36. The molecule has 1 saturated carbocycles. The van der Waals surface area contributed by atoms with E-state index in [1.54, 1.807) is 6.26 Å². The number of rotatable bonds is 5. The molecule has 1 aromatic heterocycles. The molecular weight excluding hydrogens is 242 g/mol. The first-order chi connectivity index (χ1) is 9.15. The highest BCUT2D eigenvalue weighted by Crippen LogP contribution is 2.20. The second-order valence-electron chi connectivity index (χ2n) is 5.34. The van der Waals surface area contributed by atoms with Gasteiger partial charge in [0.2, 0.25) is 5.91 Å². The van der Waals surface area contributed by atoms with Gasteiger partial charge in [0, 0.05) is 12.1 Å². The van der Waals surface area contributed by atoms with Gasteiger partial charge >= 0.3 is 0 Å². The normalized spacial score (nSPS) is 23.5. The fraction of sp³-hybridized carbons (Fsp3) is 0.643. The minimum absolute atomic E-state index is 0.0359. The maximum Gasteiger partial charge on any atom is 0.234 e. The number of nitrogens with one attached hydrogen (secondary N) is 1. The Morgan fingerprint density at radius 3 is 2.84 bits per heavy atom. The summed E-state index contributed by atoms with van der Waals surface area (Å²) >= 11 is 0. The summed E-state index contributed by atoms with van der Waals surface area (Å²) in [6, 6.07) is 4.50. The molecule has 0 spiro atoms. The Morgan fingerprint density at radius 2 is 2.21 bits per heavy atom. The highest BCUT2D eigenvalue weighted by Gasteiger charge is 2.23. The van der Waals surface area contributed by atoms with E-state index in [1.165, 1.54) is 0 Å². The van der Waals surface area contributed by atoms with E-state index < -0.39 is 0 Å². The number of nitrogens with two attached hydrogens (primary N) is 1. The Labute approximate surface area is 114 Å². The third-order valence-electron chi connectivity index (χ3n) is 3.80. The van der Waals surface area contributed by atoms with E-state index in [-0.39, 0.29) is 5.91 Å². The van der Waals surface area contributed by atoms with Gasteiger partial charge in [-0.2, -0.15) is 0 Å². The van der Waals surface area contributed by atoms with Crippen molar-refractivity contribution in [3.63, 3.8) is 0 Å². The molecule has 5 nitrogen and oxygen atoms in total. The largest absolute Gasteiger partial charge is 0.467 e. The Balaban J connectivity index is 1.69. The van der Waals surface area contributed by atoms with Crippen LogP contribution in [0.5, 0.6) is 0 Å². The van der Waals surface area contributed by atoms with Gasteiger partial charge in [-0.15, -0.1) is 0 Å². The van der Waals surface area contributed by atoms with Crippen molar-refractivity contribution >= 4 is 5.91 Å². The average molecular weight is 265 g/mol. The zero-order chi connectivity index (χ0) is 13.7. The summed E-state index contributed by atoms with van der Waals surface area (Å²) in [5, 5.41) is 2.86. The van der Waals surface area contributed by atoms with E-state index in [4.69, 9.17) is 10.2 Å². The van der Waals surface area contributed by atoms with Crippen LogP contribution in [0.4, 0.5) is 0 Å². The van der Waals surface area contributed by atoms with E-state index in [9.17, 15) is 4.79 Å². The van der Waals surface area contributed by atoms with Crippen LogP contribution in [-0.4, -0.2) is 36.5 Å². The van der Waals surface area contributed by atoms with Crippen LogP contribution in [0.15, 0.2) is 22.8 Å². The van der Waals surface area contributed by atoms with E-state index >= 15 is 0 Å². The molecule has 0 aromatic carbocycles. The quantitative estimate of drug-likeness (QED) is 0.836. The summed E-state index contributed by atoms with van der Waals surface area (Å²) in [5.41, 5.74) is 5.89. The van der Waals surface area contributed by atoms with Crippen molar-refractivity contribution in [1.29, 1.82) is 0 Å². The minimum atomic E-state index is 0.0359. The summed E-state index contributed by atoms with van der Waals surface area (Å²) in [4.78, 5) is 14.0. The fourth-order valence-corrected chi connectivity index (χ4v) is 2.55. The van der Waals surface area contributed by atoms with Crippen molar-refractivity contribution in [1.82, 2.24) is 10.2 Å². The molecule has 0 radical (unpaired) electrons. The zero-order valence-corrected chi connectivity index (χ0v) is 11.5. The van der Waals surface area contributed by atoms with Gasteiger partial charge in [0.1, 0.15) is 5.76 Å². The Hall–Kier alpha value is -1.33. The van der Waals surface area contributed by atoms with Crippen LogP contribution in [0, 0.1) is 0 Å². The molecule has 1 aliphatic rings. The molecule has 2 rings (SSSR count). The maximum atomic E-state index is 11.8. The molecule has 1 amide bonds. The van der Waals surface area contributed by atoms with E-state index in [0.717, 1.165) is 31.4 Å². The molecule has 5 heteroatoms. The topological polar surface area (TPSA) is 71.5 Å². The van der Waals surface area contributed by atoms with Crippen molar-refractivity contribution < 1.29 is 9.21 Å². The smallest absolute Gasteiger partial charge is 0.234 e. The molecule has 0 atom stereocenters. The van der Waals surface area contributed by atoms with Gasteiger partial charge in [-0.05, 0) is 44.9 Å². The lowest BCUT2D eigenvalue weighted by Gasteiger charge is -2.33. The second-order valence-corrected chi connectivity index (χ2v) is 5.34. The highest BCUT2D eigenvalue weighted by atomic mass is 16.3. The molecule has 3 N–H and O–H groups in total. The van der Waals surface area contributed by atoms with Crippen LogP contribution in [0.3, 0.4) is 0 Å². The first kappa shape index (κ1) is 14.1. The maximum absolute atomic E-state index is 11.8. The predicted octanol–water partition coefficient (Wildman–Crippen LogP) is 1.10. The first-order valence-corrected chi connectivity index (χ1v) is 6.90. The Kier molecular flexibility index (Phi) is 4.99. The summed E-state index contributed by atoms with van der Waals surface area (Å²) in [5.74, 6) is 0.813. The van der Waals surface area contributed by atoms with Gasteiger partial charge in [-0.3, -0.25) is 9.69 Å². The summed E-state index contributed by atoms with van der Waals surface area (Å²) in [6.45, 7) is 0.885. The molecule has 1 heterocycles. The molecule has 106 valence electrons. The van der Waals surface area contributed by atoms with Crippen molar-refractivity contribution in [2.75, 3.05) is 13.6 Å². The molecule has 1 fully saturated rings. The summed E-state index contributed by atoms with van der Waals surface area (Å²) in [6.07, 6.45) is 5.90. The Morgan fingerprint density at radius 1 is 1.47 bits per heavy atom. The van der Waals surface area contributed by atoms with Crippen molar-refractivity contribution in [2.45, 2.75) is 44.3 Å². The van der Waals surface area contributed by atoms with Crippen LogP contribution in [0.25, 0.3) is 0 Å². The molecule has 0 bridgehead atoms. The standard InChI is InChI=1S/C14H23N3O2/c1-17(12-6-4-11(15)5-7-12)10-14(18)16-9-13-3-2-8-19-13/h2-3,8,11-12H,4-7,9-10,15H2,1H3,(H,16,18). The predicted molar refractivity (Wildman–Crippen MR) is 73.4 cm³/mol. The number of likely N-dealkylation sites (N-methyl/N-ethyl adjacent to an activating group) is 1. The average Bonchev–Trinajstić information content (AvgIpc) is 2.90. The van der Waals surface area contributed by atoms with Crippen molar-refractivity contribution in [3.05, 3.63) is 24.2 Å². The lowest BCUT2D eigenvalue weighted by Crippen LogP contribution is -2.43. The number of hydrogen-bond donors (Lipinski definition) is 2. The Bertz CT molecular complexity index is 383. The molecule has 0 aliphatic heterocycles. The van der Waals surface area contributed by atoms with Gasteiger partial charge < -0.3 is 15.5 Å². The van der Waals surface area contributed by atoms with Crippen LogP contribution in [0.2, 0.25) is 0 Å². The van der Waals surface area contributed by atoms with Crippen molar-refractivity contribution in [2.24, 2.45) is 5.73 Å². The number of hydrogen-bond acceptors (Lipinski definition) is 4. The third-order valence-corrected chi connectivity index (χ3v) is 3.80. The first-order valence-electron chi connectivity index (χ1n) is 6.90. The van der Waals surface area contributed by atoms with Crippen LogP contribution >= 0.6 is 0 Å². The van der Waals surface area contributed by atoms with Gasteiger partial charge in [0.25, 0.3) is 0 Å². The van der Waals surface area contributed by atoms with Crippen LogP contribution in [0.1, 0.15) is 31.4 Å². The van der Waals surface area contributed by atoms with Crippen LogP contribution < -0.4 is 11.1 Å². The molecule has 0 saturated heterocycles. The molecule has 1 aromatic rings. The van der Waals surface area contributed by atoms with Gasteiger partial charge in [-0.1, -0.05) is 0 Å². The lowest BCUT2D eigenvalue weighted by molar-refractivity contribution is -0.122. The van der Waals surface area contributed by atoms with Gasteiger partial charge in [-0.25, -0.2) is 0 Å². The summed E-state index contributed by atoms with van der Waals surface area (Å²) < 4.78 is 5.17. The van der Waals surface area contributed by atoms with E-state index in [2.05, 4.69) is 10.2 Å². The minimum Gasteiger partial charge on any atom is -0.467 e. The van der Waals surface area contributed by atoms with Gasteiger partial charge in [0.05, 0.1) is 19.4 Å².